The lowest BCUT2D eigenvalue weighted by atomic mass is 9.97. The summed E-state index contributed by atoms with van der Waals surface area (Å²) < 4.78 is 0. The minimum absolute atomic E-state index is 0.413. The normalized spacial score (nSPS) is 9.56. The Balaban J connectivity index is 2.89. The Bertz CT molecular complexity index is 637. The molecule has 0 N–H and O–H groups in total. The van der Waals surface area contributed by atoms with Gasteiger partial charge in [-0.05, 0) is 26.0 Å². The van der Waals surface area contributed by atoms with Gasteiger partial charge in [0.2, 0.25) is 0 Å². The number of pyridine rings is 2. The van der Waals surface area contributed by atoms with Crippen LogP contribution in [0.5, 0.6) is 0 Å². The Kier molecular flexibility index (Phi) is 3.03. The lowest BCUT2D eigenvalue weighted by molar-refractivity contribution is 1.09. The van der Waals surface area contributed by atoms with Crippen molar-refractivity contribution in [1.29, 1.82) is 10.5 Å². The van der Waals surface area contributed by atoms with E-state index in [-0.39, 0.29) is 0 Å². The molecule has 0 aliphatic heterocycles. The molecule has 0 saturated carbocycles. The molecule has 0 saturated heterocycles. The molecule has 2 heterocycles. The zero-order chi connectivity index (χ0) is 13.1. The van der Waals surface area contributed by atoms with Crippen molar-refractivity contribution >= 4 is 0 Å². The number of aryl methyl sites for hydroxylation is 2. The third kappa shape index (κ3) is 1.81. The molecule has 0 aliphatic carbocycles. The highest BCUT2D eigenvalue weighted by Crippen LogP contribution is 2.28. The van der Waals surface area contributed by atoms with Crippen LogP contribution in [0.4, 0.5) is 0 Å². The highest BCUT2D eigenvalue weighted by Gasteiger charge is 2.17. The van der Waals surface area contributed by atoms with Crippen molar-refractivity contribution in [2.75, 3.05) is 0 Å². The Labute approximate surface area is 105 Å². The average molecular weight is 234 g/mol. The van der Waals surface area contributed by atoms with Gasteiger partial charge >= 0.3 is 0 Å². The Morgan fingerprint density at radius 3 is 2.06 bits per heavy atom. The third-order valence-electron chi connectivity index (χ3n) is 2.70. The number of rotatable bonds is 1. The Morgan fingerprint density at radius 2 is 1.61 bits per heavy atom. The largest absolute Gasteiger partial charge is 0.256 e. The smallest absolute Gasteiger partial charge is 0.102 e. The van der Waals surface area contributed by atoms with E-state index in [4.69, 9.17) is 0 Å². The zero-order valence-corrected chi connectivity index (χ0v) is 10.1. The maximum Gasteiger partial charge on any atom is 0.102 e. The van der Waals surface area contributed by atoms with E-state index in [1.165, 1.54) is 0 Å². The van der Waals surface area contributed by atoms with E-state index in [1.54, 1.807) is 32.2 Å². The summed E-state index contributed by atoms with van der Waals surface area (Å²) in [7, 11) is 0. The first-order valence-corrected chi connectivity index (χ1v) is 5.41. The standard InChI is InChI=1S/C14H10N4/c1-9-11(7-15)14(12(8-16)10(2)18-9)13-5-3-4-6-17-13/h3-6H,1-2H3. The summed E-state index contributed by atoms with van der Waals surface area (Å²) >= 11 is 0. The molecule has 0 fully saturated rings. The van der Waals surface area contributed by atoms with Crippen molar-refractivity contribution in [2.24, 2.45) is 0 Å². The summed E-state index contributed by atoms with van der Waals surface area (Å²) in [5, 5.41) is 18.5. The van der Waals surface area contributed by atoms with Gasteiger partial charge in [-0.15, -0.1) is 0 Å². The van der Waals surface area contributed by atoms with Crippen molar-refractivity contribution in [2.45, 2.75) is 13.8 Å². The highest BCUT2D eigenvalue weighted by atomic mass is 14.7. The maximum absolute atomic E-state index is 9.24. The minimum Gasteiger partial charge on any atom is -0.256 e. The maximum atomic E-state index is 9.24. The van der Waals surface area contributed by atoms with Crippen LogP contribution in [0.15, 0.2) is 24.4 Å². The van der Waals surface area contributed by atoms with Gasteiger partial charge in [-0.3, -0.25) is 9.97 Å². The molecule has 0 amide bonds. The van der Waals surface area contributed by atoms with Crippen molar-refractivity contribution in [3.63, 3.8) is 0 Å². The van der Waals surface area contributed by atoms with E-state index in [0.29, 0.717) is 33.8 Å². The molecule has 0 unspecified atom stereocenters. The van der Waals surface area contributed by atoms with Crippen molar-refractivity contribution in [1.82, 2.24) is 9.97 Å². The number of aromatic nitrogens is 2. The van der Waals surface area contributed by atoms with Gasteiger partial charge in [0.25, 0.3) is 0 Å². The molecule has 0 aromatic carbocycles. The number of hydrogen-bond acceptors (Lipinski definition) is 4. The third-order valence-corrected chi connectivity index (χ3v) is 2.70. The SMILES string of the molecule is Cc1nc(C)c(C#N)c(-c2ccccn2)c1C#N. The molecule has 0 bridgehead atoms. The van der Waals surface area contributed by atoms with Crippen molar-refractivity contribution in [3.05, 3.63) is 46.9 Å². The van der Waals surface area contributed by atoms with Gasteiger partial charge in [0, 0.05) is 11.8 Å². The van der Waals surface area contributed by atoms with Crippen LogP contribution in [0.2, 0.25) is 0 Å². The lowest BCUT2D eigenvalue weighted by Crippen LogP contribution is -2.01. The van der Waals surface area contributed by atoms with Crippen molar-refractivity contribution < 1.29 is 0 Å². The molecule has 86 valence electrons. The van der Waals surface area contributed by atoms with E-state index >= 15 is 0 Å². The Morgan fingerprint density at radius 1 is 1.00 bits per heavy atom. The first-order valence-electron chi connectivity index (χ1n) is 5.41. The molecular formula is C14H10N4. The van der Waals surface area contributed by atoms with E-state index in [0.717, 1.165) is 0 Å². The zero-order valence-electron chi connectivity index (χ0n) is 10.1. The second-order valence-corrected chi connectivity index (χ2v) is 3.85. The van der Waals surface area contributed by atoms with Crippen LogP contribution >= 0.6 is 0 Å². The van der Waals surface area contributed by atoms with Crippen LogP contribution in [-0.2, 0) is 0 Å². The molecule has 0 aliphatic rings. The van der Waals surface area contributed by atoms with Crippen LogP contribution in [0.25, 0.3) is 11.3 Å². The Hall–Kier alpha value is -2.72. The monoisotopic (exact) mass is 234 g/mol. The second-order valence-electron chi connectivity index (χ2n) is 3.85. The minimum atomic E-state index is 0.413. The van der Waals surface area contributed by atoms with Crippen LogP contribution < -0.4 is 0 Å². The van der Waals surface area contributed by atoms with Gasteiger partial charge in [0.05, 0.1) is 28.2 Å². The molecular weight excluding hydrogens is 224 g/mol. The summed E-state index contributed by atoms with van der Waals surface area (Å²) in [6.07, 6.45) is 1.64. The fourth-order valence-electron chi connectivity index (χ4n) is 1.89. The summed E-state index contributed by atoms with van der Waals surface area (Å²) in [4.78, 5) is 8.45. The molecule has 2 aromatic heterocycles. The predicted molar refractivity (Wildman–Crippen MR) is 66.4 cm³/mol. The van der Waals surface area contributed by atoms with E-state index in [9.17, 15) is 10.5 Å². The predicted octanol–water partition coefficient (Wildman–Crippen LogP) is 2.50. The number of hydrogen-bond donors (Lipinski definition) is 0. The summed E-state index contributed by atoms with van der Waals surface area (Å²) in [6.45, 7) is 3.53. The van der Waals surface area contributed by atoms with Gasteiger partial charge in [-0.1, -0.05) is 6.07 Å². The molecule has 4 nitrogen and oxygen atoms in total. The van der Waals surface area contributed by atoms with Crippen molar-refractivity contribution in [3.8, 4) is 23.4 Å². The highest BCUT2D eigenvalue weighted by molar-refractivity contribution is 5.75. The van der Waals surface area contributed by atoms with Crippen LogP contribution in [0.1, 0.15) is 22.5 Å². The van der Waals surface area contributed by atoms with Crippen LogP contribution in [0, 0.1) is 36.5 Å². The first kappa shape index (κ1) is 11.8. The lowest BCUT2D eigenvalue weighted by Gasteiger charge is -2.10. The van der Waals surface area contributed by atoms with Gasteiger partial charge in [0.1, 0.15) is 12.1 Å². The summed E-state index contributed by atoms with van der Waals surface area (Å²) in [6, 6.07) is 9.63. The van der Waals surface area contributed by atoms with E-state index in [2.05, 4.69) is 22.1 Å². The molecule has 4 heteroatoms. The molecule has 2 aromatic rings. The van der Waals surface area contributed by atoms with E-state index in [1.807, 2.05) is 6.07 Å². The fourth-order valence-corrected chi connectivity index (χ4v) is 1.89. The quantitative estimate of drug-likeness (QED) is 0.759. The topological polar surface area (TPSA) is 73.4 Å². The van der Waals surface area contributed by atoms with Crippen LogP contribution in [0.3, 0.4) is 0 Å². The molecule has 18 heavy (non-hydrogen) atoms. The number of nitrogens with zero attached hydrogens (tertiary/aromatic N) is 4. The van der Waals surface area contributed by atoms with Gasteiger partial charge in [0.15, 0.2) is 0 Å². The van der Waals surface area contributed by atoms with Gasteiger partial charge < -0.3 is 0 Å². The van der Waals surface area contributed by atoms with Gasteiger partial charge in [-0.2, -0.15) is 10.5 Å². The second kappa shape index (κ2) is 4.65. The van der Waals surface area contributed by atoms with Crippen LogP contribution in [-0.4, -0.2) is 9.97 Å². The molecule has 2 rings (SSSR count). The summed E-state index contributed by atoms with van der Waals surface area (Å²) in [5.74, 6) is 0. The fraction of sp³-hybridized carbons (Fsp3) is 0.143. The first-order chi connectivity index (χ1) is 8.69. The molecule has 0 atom stereocenters. The molecule has 0 spiro atoms. The van der Waals surface area contributed by atoms with Gasteiger partial charge in [-0.25, -0.2) is 0 Å². The number of nitriles is 2. The average Bonchev–Trinajstić information content (AvgIpc) is 2.39. The molecule has 0 radical (unpaired) electrons. The summed E-state index contributed by atoms with van der Waals surface area (Å²) in [5.41, 5.74) is 3.26. The van der Waals surface area contributed by atoms with E-state index < -0.39 is 0 Å².